The van der Waals surface area contributed by atoms with Crippen LogP contribution in [0.5, 0.6) is 5.75 Å². The first kappa shape index (κ1) is 15.5. The number of aromatic nitrogens is 1. The third-order valence-corrected chi connectivity index (χ3v) is 4.45. The van der Waals surface area contributed by atoms with Gasteiger partial charge in [-0.25, -0.2) is 4.98 Å². The molecule has 0 aliphatic heterocycles. The van der Waals surface area contributed by atoms with E-state index in [1.165, 1.54) is 16.9 Å². The maximum Gasteiger partial charge on any atom is 0.135 e. The molecular formula is C16H21N3OS. The van der Waals surface area contributed by atoms with Gasteiger partial charge in [-0.1, -0.05) is 32.0 Å². The van der Waals surface area contributed by atoms with Crippen molar-refractivity contribution in [2.75, 3.05) is 6.61 Å². The number of thiazole rings is 1. The standard InChI is InChI=1S/C16H21N3OS/c1-10(2)12-6-4-5-7-13(12)20-9-8-14-19-11(3)15(21-14)16(17)18/h4-7,10H,8-9H2,1-3H3,(H3,17,18). The third kappa shape index (κ3) is 3.82. The molecule has 1 aromatic heterocycles. The highest BCUT2D eigenvalue weighted by atomic mass is 32.1. The van der Waals surface area contributed by atoms with Gasteiger partial charge in [-0.05, 0) is 24.5 Å². The molecule has 3 N–H and O–H groups in total. The number of hydrogen-bond donors (Lipinski definition) is 2. The Labute approximate surface area is 129 Å². The highest BCUT2D eigenvalue weighted by molar-refractivity contribution is 7.13. The van der Waals surface area contributed by atoms with Crippen LogP contribution in [-0.4, -0.2) is 17.4 Å². The Bertz CT molecular complexity index is 634. The smallest absolute Gasteiger partial charge is 0.135 e. The van der Waals surface area contributed by atoms with Gasteiger partial charge in [0.2, 0.25) is 0 Å². The fraction of sp³-hybridized carbons (Fsp3) is 0.375. The quantitative estimate of drug-likeness (QED) is 0.634. The number of ether oxygens (including phenoxy) is 1. The van der Waals surface area contributed by atoms with E-state index in [2.05, 4.69) is 24.9 Å². The van der Waals surface area contributed by atoms with Crippen LogP contribution in [0.15, 0.2) is 24.3 Å². The van der Waals surface area contributed by atoms with Crippen molar-refractivity contribution in [3.8, 4) is 5.75 Å². The average molecular weight is 303 g/mol. The van der Waals surface area contributed by atoms with Crippen LogP contribution < -0.4 is 10.5 Å². The number of para-hydroxylation sites is 1. The van der Waals surface area contributed by atoms with E-state index in [9.17, 15) is 0 Å². The van der Waals surface area contributed by atoms with Crippen LogP contribution in [0.25, 0.3) is 0 Å². The minimum atomic E-state index is 0.0855. The first-order valence-corrected chi connectivity index (χ1v) is 7.83. The second kappa shape index (κ2) is 6.72. The molecule has 0 radical (unpaired) electrons. The zero-order chi connectivity index (χ0) is 15.4. The molecule has 0 amide bonds. The van der Waals surface area contributed by atoms with E-state index in [1.54, 1.807) is 0 Å². The molecule has 0 unspecified atom stereocenters. The van der Waals surface area contributed by atoms with Crippen LogP contribution in [-0.2, 0) is 6.42 Å². The van der Waals surface area contributed by atoms with E-state index in [4.69, 9.17) is 15.9 Å². The van der Waals surface area contributed by atoms with Crippen molar-refractivity contribution < 1.29 is 4.74 Å². The molecule has 2 rings (SSSR count). The van der Waals surface area contributed by atoms with Crippen molar-refractivity contribution in [1.82, 2.24) is 4.98 Å². The topological polar surface area (TPSA) is 72.0 Å². The lowest BCUT2D eigenvalue weighted by molar-refractivity contribution is 0.317. The lowest BCUT2D eigenvalue weighted by atomic mass is 10.0. The summed E-state index contributed by atoms with van der Waals surface area (Å²) in [5.41, 5.74) is 7.57. The predicted octanol–water partition coefficient (Wildman–Crippen LogP) is 3.48. The summed E-state index contributed by atoms with van der Waals surface area (Å²) in [5.74, 6) is 1.46. The first-order chi connectivity index (χ1) is 9.99. The summed E-state index contributed by atoms with van der Waals surface area (Å²) in [5, 5.41) is 8.45. The number of nitrogen functional groups attached to an aromatic ring is 1. The van der Waals surface area contributed by atoms with Gasteiger partial charge in [-0.2, -0.15) is 0 Å². The minimum absolute atomic E-state index is 0.0855. The maximum absolute atomic E-state index is 7.49. The van der Waals surface area contributed by atoms with Crippen LogP contribution in [0.3, 0.4) is 0 Å². The minimum Gasteiger partial charge on any atom is -0.493 e. The van der Waals surface area contributed by atoms with E-state index in [-0.39, 0.29) is 5.84 Å². The number of amidine groups is 1. The average Bonchev–Trinajstić information content (AvgIpc) is 2.80. The number of hydrogen-bond acceptors (Lipinski definition) is 4. The zero-order valence-corrected chi connectivity index (χ0v) is 13.5. The number of rotatable bonds is 6. The van der Waals surface area contributed by atoms with Gasteiger partial charge in [0.05, 0.1) is 22.2 Å². The lowest BCUT2D eigenvalue weighted by Crippen LogP contribution is -2.10. The molecule has 0 bridgehead atoms. The van der Waals surface area contributed by atoms with Crippen molar-refractivity contribution in [3.05, 3.63) is 45.4 Å². The molecule has 5 heteroatoms. The van der Waals surface area contributed by atoms with Gasteiger partial charge in [-0.15, -0.1) is 11.3 Å². The van der Waals surface area contributed by atoms with Crippen molar-refractivity contribution >= 4 is 17.2 Å². The zero-order valence-electron chi connectivity index (χ0n) is 12.6. The van der Waals surface area contributed by atoms with Crippen molar-refractivity contribution in [1.29, 1.82) is 5.41 Å². The van der Waals surface area contributed by atoms with Crippen LogP contribution >= 0.6 is 11.3 Å². The molecule has 0 aliphatic rings. The van der Waals surface area contributed by atoms with Gasteiger partial charge < -0.3 is 10.5 Å². The number of aryl methyl sites for hydroxylation is 1. The summed E-state index contributed by atoms with van der Waals surface area (Å²) < 4.78 is 5.89. The van der Waals surface area contributed by atoms with Gasteiger partial charge in [0.25, 0.3) is 0 Å². The highest BCUT2D eigenvalue weighted by Gasteiger charge is 2.11. The van der Waals surface area contributed by atoms with E-state index >= 15 is 0 Å². The van der Waals surface area contributed by atoms with E-state index < -0.39 is 0 Å². The summed E-state index contributed by atoms with van der Waals surface area (Å²) in [7, 11) is 0. The summed E-state index contributed by atoms with van der Waals surface area (Å²) in [4.78, 5) is 5.20. The molecule has 0 saturated carbocycles. The molecule has 0 fully saturated rings. The maximum atomic E-state index is 7.49. The molecule has 1 aromatic carbocycles. The van der Waals surface area contributed by atoms with Crippen LogP contribution in [0.2, 0.25) is 0 Å². The Morgan fingerprint density at radius 3 is 2.71 bits per heavy atom. The number of benzene rings is 1. The van der Waals surface area contributed by atoms with Gasteiger partial charge >= 0.3 is 0 Å². The Morgan fingerprint density at radius 1 is 1.38 bits per heavy atom. The van der Waals surface area contributed by atoms with Gasteiger partial charge in [0.15, 0.2) is 0 Å². The van der Waals surface area contributed by atoms with E-state index in [1.807, 2.05) is 25.1 Å². The largest absolute Gasteiger partial charge is 0.493 e. The van der Waals surface area contributed by atoms with E-state index in [0.717, 1.165) is 27.7 Å². The summed E-state index contributed by atoms with van der Waals surface area (Å²) in [6.45, 7) is 6.77. The molecule has 112 valence electrons. The van der Waals surface area contributed by atoms with Crippen molar-refractivity contribution in [2.24, 2.45) is 5.73 Å². The van der Waals surface area contributed by atoms with Crippen LogP contribution in [0, 0.1) is 12.3 Å². The van der Waals surface area contributed by atoms with Crippen molar-refractivity contribution in [2.45, 2.75) is 33.1 Å². The molecule has 2 aromatic rings. The summed E-state index contributed by atoms with van der Waals surface area (Å²) in [6, 6.07) is 8.12. The normalized spacial score (nSPS) is 10.9. The number of nitrogens with zero attached hydrogens (tertiary/aromatic N) is 1. The molecule has 0 saturated heterocycles. The molecule has 1 heterocycles. The van der Waals surface area contributed by atoms with Gasteiger partial charge in [0, 0.05) is 6.42 Å². The molecule has 0 aliphatic carbocycles. The van der Waals surface area contributed by atoms with Gasteiger partial charge in [0.1, 0.15) is 11.6 Å². The molecule has 0 spiro atoms. The Hall–Kier alpha value is -1.88. The fourth-order valence-electron chi connectivity index (χ4n) is 2.15. The summed E-state index contributed by atoms with van der Waals surface area (Å²) in [6.07, 6.45) is 0.727. The van der Waals surface area contributed by atoms with E-state index in [0.29, 0.717) is 12.5 Å². The van der Waals surface area contributed by atoms with Gasteiger partial charge in [-0.3, -0.25) is 5.41 Å². The lowest BCUT2D eigenvalue weighted by Gasteiger charge is -2.13. The first-order valence-electron chi connectivity index (χ1n) is 7.01. The van der Waals surface area contributed by atoms with Crippen LogP contribution in [0.1, 0.15) is 40.9 Å². The third-order valence-electron chi connectivity index (χ3n) is 3.20. The molecule has 4 nitrogen and oxygen atoms in total. The second-order valence-electron chi connectivity index (χ2n) is 5.23. The predicted molar refractivity (Wildman–Crippen MR) is 87.6 cm³/mol. The SMILES string of the molecule is Cc1nc(CCOc2ccccc2C(C)C)sc1C(=N)N. The Morgan fingerprint density at radius 2 is 2.10 bits per heavy atom. The van der Waals surface area contributed by atoms with Crippen LogP contribution in [0.4, 0.5) is 0 Å². The molecular weight excluding hydrogens is 282 g/mol. The second-order valence-corrected chi connectivity index (χ2v) is 6.31. The Kier molecular flexibility index (Phi) is 4.96. The number of nitrogens with two attached hydrogens (primary N) is 1. The Balaban J connectivity index is 1.99. The van der Waals surface area contributed by atoms with Crippen molar-refractivity contribution in [3.63, 3.8) is 0 Å². The fourth-order valence-corrected chi connectivity index (χ4v) is 3.05. The summed E-state index contributed by atoms with van der Waals surface area (Å²) >= 11 is 1.47. The molecule has 0 atom stereocenters. The molecule has 21 heavy (non-hydrogen) atoms. The highest BCUT2D eigenvalue weighted by Crippen LogP contribution is 2.26. The monoisotopic (exact) mass is 303 g/mol. The number of nitrogens with one attached hydrogen (secondary N) is 1.